The SMILES string of the molecule is CC(C)CCN(CCC(C)C)C(=O)c1ccc2nc(CSc3ccccc3)n(CCCCN3CCCCC3)c2c1. The normalized spacial score (nSPS) is 14.4. The van der Waals surface area contributed by atoms with Crippen molar-refractivity contribution in [2.24, 2.45) is 11.8 Å². The number of piperidine rings is 1. The van der Waals surface area contributed by atoms with E-state index in [1.165, 1.54) is 50.2 Å². The van der Waals surface area contributed by atoms with Crippen molar-refractivity contribution in [3.8, 4) is 0 Å². The van der Waals surface area contributed by atoms with E-state index in [4.69, 9.17) is 4.98 Å². The molecule has 1 saturated heterocycles. The molecule has 40 heavy (non-hydrogen) atoms. The molecule has 1 amide bonds. The van der Waals surface area contributed by atoms with Gasteiger partial charge in [0.2, 0.25) is 0 Å². The molecule has 5 nitrogen and oxygen atoms in total. The van der Waals surface area contributed by atoms with Crippen molar-refractivity contribution in [1.29, 1.82) is 0 Å². The van der Waals surface area contributed by atoms with Gasteiger partial charge in [-0.25, -0.2) is 4.98 Å². The van der Waals surface area contributed by atoms with Crippen LogP contribution in [0.1, 0.15) is 88.8 Å². The highest BCUT2D eigenvalue weighted by atomic mass is 32.2. The van der Waals surface area contributed by atoms with Gasteiger partial charge in [-0.3, -0.25) is 4.79 Å². The summed E-state index contributed by atoms with van der Waals surface area (Å²) in [7, 11) is 0. The maximum atomic E-state index is 13.8. The molecule has 1 aromatic heterocycles. The Balaban J connectivity index is 1.54. The number of carbonyl (C=O) groups is 1. The lowest BCUT2D eigenvalue weighted by Gasteiger charge is -2.26. The largest absolute Gasteiger partial charge is 0.339 e. The fraction of sp³-hybridized carbons (Fsp3) is 0.588. The van der Waals surface area contributed by atoms with Crippen molar-refractivity contribution < 1.29 is 4.79 Å². The number of nitrogens with zero attached hydrogens (tertiary/aromatic N) is 4. The summed E-state index contributed by atoms with van der Waals surface area (Å²) in [6.45, 7) is 15.2. The maximum absolute atomic E-state index is 13.8. The molecular formula is C34H50N4OS. The second-order valence-electron chi connectivity index (χ2n) is 12.3. The fourth-order valence-corrected chi connectivity index (χ4v) is 6.31. The number of fused-ring (bicyclic) bond motifs is 1. The van der Waals surface area contributed by atoms with Gasteiger partial charge in [0.1, 0.15) is 5.82 Å². The molecule has 0 unspecified atom stereocenters. The first kappa shape index (κ1) is 30.6. The molecule has 3 aromatic rings. The highest BCUT2D eigenvalue weighted by Crippen LogP contribution is 2.27. The average molecular weight is 563 g/mol. The Hall–Kier alpha value is -2.31. The standard InChI is InChI=1S/C34H50N4OS/c1-27(2)17-23-37(24-18-28(3)4)34(39)29-15-16-31-32(25-29)38(22-12-11-21-36-19-9-6-10-20-36)33(35-31)26-40-30-13-7-5-8-14-30/h5,7-8,13-16,25,27-28H,6,9-12,17-24,26H2,1-4H3. The number of thioether (sulfide) groups is 1. The number of aromatic nitrogens is 2. The predicted molar refractivity (Wildman–Crippen MR) is 170 cm³/mol. The smallest absolute Gasteiger partial charge is 0.253 e. The zero-order valence-electron chi connectivity index (χ0n) is 25.3. The number of benzene rings is 2. The number of carbonyl (C=O) groups excluding carboxylic acids is 1. The summed E-state index contributed by atoms with van der Waals surface area (Å²) in [5.74, 6) is 3.23. The summed E-state index contributed by atoms with van der Waals surface area (Å²) in [5, 5.41) is 0. The van der Waals surface area contributed by atoms with Crippen LogP contribution in [0.3, 0.4) is 0 Å². The molecule has 4 rings (SSSR count). The quantitative estimate of drug-likeness (QED) is 0.139. The van der Waals surface area contributed by atoms with E-state index >= 15 is 0 Å². The topological polar surface area (TPSA) is 41.4 Å². The van der Waals surface area contributed by atoms with Crippen LogP contribution in [0.4, 0.5) is 0 Å². The van der Waals surface area contributed by atoms with E-state index < -0.39 is 0 Å². The van der Waals surface area contributed by atoms with Gasteiger partial charge >= 0.3 is 0 Å². The van der Waals surface area contributed by atoms with Crippen LogP contribution in [0.5, 0.6) is 0 Å². The summed E-state index contributed by atoms with van der Waals surface area (Å²) in [6, 6.07) is 16.7. The van der Waals surface area contributed by atoms with Crippen LogP contribution in [0.2, 0.25) is 0 Å². The summed E-state index contributed by atoms with van der Waals surface area (Å²) < 4.78 is 2.39. The molecular weight excluding hydrogens is 512 g/mol. The average Bonchev–Trinajstić information content (AvgIpc) is 3.31. The Labute approximate surface area is 246 Å². The highest BCUT2D eigenvalue weighted by Gasteiger charge is 2.19. The van der Waals surface area contributed by atoms with Crippen molar-refractivity contribution in [3.05, 3.63) is 59.9 Å². The van der Waals surface area contributed by atoms with Crippen LogP contribution in [0.25, 0.3) is 11.0 Å². The molecule has 0 bridgehead atoms. The number of rotatable bonds is 15. The second-order valence-corrected chi connectivity index (χ2v) is 13.3. The molecule has 1 fully saturated rings. The minimum atomic E-state index is 0.154. The molecule has 0 atom stereocenters. The van der Waals surface area contributed by atoms with Crippen molar-refractivity contribution in [2.75, 3.05) is 32.7 Å². The maximum Gasteiger partial charge on any atom is 0.253 e. The van der Waals surface area contributed by atoms with Gasteiger partial charge in [-0.15, -0.1) is 11.8 Å². The number of amides is 1. The predicted octanol–water partition coefficient (Wildman–Crippen LogP) is 8.13. The van der Waals surface area contributed by atoms with Gasteiger partial charge in [0.05, 0.1) is 16.8 Å². The van der Waals surface area contributed by atoms with Crippen LogP contribution in [-0.4, -0.2) is 58.0 Å². The Morgan fingerprint density at radius 2 is 1.57 bits per heavy atom. The van der Waals surface area contributed by atoms with Gasteiger partial charge in [-0.2, -0.15) is 0 Å². The van der Waals surface area contributed by atoms with E-state index in [9.17, 15) is 4.79 Å². The number of unbranched alkanes of at least 4 members (excludes halogenated alkanes) is 1. The van der Waals surface area contributed by atoms with Crippen molar-refractivity contribution >= 4 is 28.7 Å². The third-order valence-corrected chi connectivity index (χ3v) is 8.99. The molecule has 0 aliphatic carbocycles. The van der Waals surface area contributed by atoms with Crippen LogP contribution in [0, 0.1) is 11.8 Å². The summed E-state index contributed by atoms with van der Waals surface area (Å²) in [4.78, 5) is 24.8. The van der Waals surface area contributed by atoms with E-state index in [1.54, 1.807) is 0 Å². The van der Waals surface area contributed by atoms with E-state index in [1.807, 2.05) is 17.8 Å². The number of hydrogen-bond acceptors (Lipinski definition) is 4. The minimum Gasteiger partial charge on any atom is -0.339 e. The third kappa shape index (κ3) is 9.10. The van der Waals surface area contributed by atoms with Crippen molar-refractivity contribution in [1.82, 2.24) is 19.4 Å². The van der Waals surface area contributed by atoms with Crippen molar-refractivity contribution in [3.63, 3.8) is 0 Å². The Bertz CT molecular complexity index is 1170. The van der Waals surface area contributed by atoms with E-state index in [0.29, 0.717) is 11.8 Å². The lowest BCUT2D eigenvalue weighted by Crippen LogP contribution is -2.34. The minimum absolute atomic E-state index is 0.154. The van der Waals surface area contributed by atoms with Crippen LogP contribution < -0.4 is 0 Å². The fourth-order valence-electron chi connectivity index (χ4n) is 5.44. The highest BCUT2D eigenvalue weighted by molar-refractivity contribution is 7.98. The first-order chi connectivity index (χ1) is 19.4. The first-order valence-corrected chi connectivity index (χ1v) is 16.6. The van der Waals surface area contributed by atoms with Crippen LogP contribution in [-0.2, 0) is 12.3 Å². The lowest BCUT2D eigenvalue weighted by atomic mass is 10.1. The van der Waals surface area contributed by atoms with E-state index in [0.717, 1.165) is 67.1 Å². The Morgan fingerprint density at radius 1 is 0.900 bits per heavy atom. The molecule has 6 heteroatoms. The van der Waals surface area contributed by atoms with Crippen LogP contribution in [0.15, 0.2) is 53.4 Å². The summed E-state index contributed by atoms with van der Waals surface area (Å²) in [5.41, 5.74) is 2.88. The molecule has 0 saturated carbocycles. The van der Waals surface area contributed by atoms with Gasteiger partial charge in [-0.05, 0) is 100 Å². The molecule has 1 aliphatic heterocycles. The lowest BCUT2D eigenvalue weighted by molar-refractivity contribution is 0.0741. The summed E-state index contributed by atoms with van der Waals surface area (Å²) >= 11 is 1.83. The molecule has 0 radical (unpaired) electrons. The van der Waals surface area contributed by atoms with Gasteiger partial charge in [0, 0.05) is 30.1 Å². The molecule has 0 N–H and O–H groups in total. The van der Waals surface area contributed by atoms with Crippen molar-refractivity contribution in [2.45, 2.75) is 89.8 Å². The molecule has 2 heterocycles. The molecule has 1 aliphatic rings. The van der Waals surface area contributed by atoms with Crippen LogP contribution >= 0.6 is 11.8 Å². The number of imidazole rings is 1. The third-order valence-electron chi connectivity index (χ3n) is 7.98. The van der Waals surface area contributed by atoms with Gasteiger partial charge in [0.15, 0.2) is 0 Å². The zero-order valence-corrected chi connectivity index (χ0v) is 26.1. The monoisotopic (exact) mass is 562 g/mol. The second kappa shape index (κ2) is 15.6. The first-order valence-electron chi connectivity index (χ1n) is 15.6. The Morgan fingerprint density at radius 3 is 2.25 bits per heavy atom. The summed E-state index contributed by atoms with van der Waals surface area (Å²) in [6.07, 6.45) is 8.45. The van der Waals surface area contributed by atoms with E-state index in [-0.39, 0.29) is 5.91 Å². The van der Waals surface area contributed by atoms with Gasteiger partial charge in [0.25, 0.3) is 5.91 Å². The molecule has 0 spiro atoms. The van der Waals surface area contributed by atoms with Gasteiger partial charge < -0.3 is 14.4 Å². The zero-order chi connectivity index (χ0) is 28.3. The number of aryl methyl sites for hydroxylation is 1. The molecule has 2 aromatic carbocycles. The number of hydrogen-bond donors (Lipinski definition) is 0. The van der Waals surface area contributed by atoms with E-state index in [2.05, 4.69) is 84.5 Å². The number of likely N-dealkylation sites (tertiary alicyclic amines) is 1. The molecule has 218 valence electrons. The van der Waals surface area contributed by atoms with Gasteiger partial charge in [-0.1, -0.05) is 52.3 Å². The Kier molecular flexibility index (Phi) is 12.0.